The zero-order valence-corrected chi connectivity index (χ0v) is 19.8. The van der Waals surface area contributed by atoms with Gasteiger partial charge >= 0.3 is 0 Å². The molecule has 0 amide bonds. The molecule has 1 aromatic carbocycles. The normalized spacial score (nSPS) is 13.0. The lowest BCUT2D eigenvalue weighted by Crippen LogP contribution is -2.41. The van der Waals surface area contributed by atoms with Gasteiger partial charge in [0.2, 0.25) is 0 Å². The zero-order chi connectivity index (χ0) is 22.2. The number of benzene rings is 1. The molecular weight excluding hydrogens is 382 g/mol. The summed E-state index contributed by atoms with van der Waals surface area (Å²) in [6.45, 7) is 4.39. The molecule has 0 aliphatic heterocycles. The van der Waals surface area contributed by atoms with Crippen molar-refractivity contribution < 1.29 is 18.3 Å². The third kappa shape index (κ3) is 9.87. The minimum atomic E-state index is -0.488. The van der Waals surface area contributed by atoms with Crippen LogP contribution in [0.2, 0.25) is 0 Å². The van der Waals surface area contributed by atoms with Gasteiger partial charge in [0.05, 0.1) is 0 Å². The minimum Gasteiger partial charge on any atom is -0.353 e. The van der Waals surface area contributed by atoms with Gasteiger partial charge in [-0.2, -0.15) is 0 Å². The maximum atomic E-state index is 13.3. The minimum absolute atomic E-state index is 0.404. The van der Waals surface area contributed by atoms with E-state index < -0.39 is 17.4 Å². The molecule has 0 aliphatic rings. The summed E-state index contributed by atoms with van der Waals surface area (Å²) in [5.74, 6) is -1.06. The van der Waals surface area contributed by atoms with E-state index in [1.54, 1.807) is 14.2 Å². The summed E-state index contributed by atoms with van der Waals surface area (Å²) in [5.41, 5.74) is 0.747. The van der Waals surface area contributed by atoms with Crippen LogP contribution in [0.3, 0.4) is 0 Å². The molecule has 0 N–H and O–H groups in total. The van der Waals surface area contributed by atoms with E-state index in [0.717, 1.165) is 63.0 Å². The summed E-state index contributed by atoms with van der Waals surface area (Å²) < 4.78 is 38.3. The van der Waals surface area contributed by atoms with Crippen LogP contribution < -0.4 is 0 Å². The molecule has 0 bridgehead atoms. The second-order valence-corrected chi connectivity index (χ2v) is 8.56. The Labute approximate surface area is 183 Å². The maximum Gasteiger partial charge on any atom is 0.170 e. The van der Waals surface area contributed by atoms with Crippen LogP contribution >= 0.6 is 0 Å². The predicted molar refractivity (Wildman–Crippen MR) is 122 cm³/mol. The SMILES string of the molecule is CCCCCCCCC(CCCCCCc1cc(F)cc(F)c1)C(CC)(OC)OC. The van der Waals surface area contributed by atoms with Crippen molar-refractivity contribution in [3.63, 3.8) is 0 Å². The Hall–Kier alpha value is -1.00. The Morgan fingerprint density at radius 1 is 0.733 bits per heavy atom. The van der Waals surface area contributed by atoms with E-state index in [0.29, 0.717) is 5.92 Å². The molecule has 1 atom stereocenters. The highest BCUT2D eigenvalue weighted by Gasteiger charge is 2.36. The molecule has 0 aromatic heterocycles. The molecule has 4 heteroatoms. The Kier molecular flexibility index (Phi) is 14.2. The Morgan fingerprint density at radius 3 is 1.73 bits per heavy atom. The Morgan fingerprint density at radius 2 is 1.23 bits per heavy atom. The topological polar surface area (TPSA) is 18.5 Å². The number of ether oxygens (including phenoxy) is 2. The first-order valence-electron chi connectivity index (χ1n) is 12.1. The number of rotatable bonds is 18. The van der Waals surface area contributed by atoms with Crippen molar-refractivity contribution in [3.8, 4) is 0 Å². The van der Waals surface area contributed by atoms with Crippen molar-refractivity contribution in [2.45, 2.75) is 110 Å². The molecule has 0 spiro atoms. The number of hydrogen-bond donors (Lipinski definition) is 0. The molecule has 30 heavy (non-hydrogen) atoms. The lowest BCUT2D eigenvalue weighted by molar-refractivity contribution is -0.244. The van der Waals surface area contributed by atoms with E-state index in [1.165, 1.54) is 50.7 Å². The van der Waals surface area contributed by atoms with Crippen LogP contribution in [0.1, 0.15) is 103 Å². The fourth-order valence-corrected chi connectivity index (χ4v) is 4.58. The molecule has 174 valence electrons. The third-order valence-corrected chi connectivity index (χ3v) is 6.40. The summed E-state index contributed by atoms with van der Waals surface area (Å²) in [4.78, 5) is 0. The maximum absolute atomic E-state index is 13.3. The first-order chi connectivity index (χ1) is 14.5. The van der Waals surface area contributed by atoms with Crippen molar-refractivity contribution >= 4 is 0 Å². The first-order valence-corrected chi connectivity index (χ1v) is 12.1. The van der Waals surface area contributed by atoms with Gasteiger partial charge in [-0.3, -0.25) is 0 Å². The monoisotopic (exact) mass is 426 g/mol. The van der Waals surface area contributed by atoms with E-state index in [4.69, 9.17) is 9.47 Å². The van der Waals surface area contributed by atoms with Gasteiger partial charge in [-0.25, -0.2) is 8.78 Å². The smallest absolute Gasteiger partial charge is 0.170 e. The van der Waals surface area contributed by atoms with Crippen molar-refractivity contribution in [3.05, 3.63) is 35.4 Å². The molecule has 0 fully saturated rings. The van der Waals surface area contributed by atoms with Crippen LogP contribution in [-0.2, 0) is 15.9 Å². The largest absolute Gasteiger partial charge is 0.353 e. The van der Waals surface area contributed by atoms with E-state index in [9.17, 15) is 8.78 Å². The van der Waals surface area contributed by atoms with Crippen molar-refractivity contribution in [1.82, 2.24) is 0 Å². The van der Waals surface area contributed by atoms with E-state index in [2.05, 4.69) is 13.8 Å². The zero-order valence-electron chi connectivity index (χ0n) is 19.8. The highest BCUT2D eigenvalue weighted by Crippen LogP contribution is 2.34. The molecule has 1 aromatic rings. The fourth-order valence-electron chi connectivity index (χ4n) is 4.58. The highest BCUT2D eigenvalue weighted by molar-refractivity contribution is 5.17. The van der Waals surface area contributed by atoms with Crippen molar-refractivity contribution in [2.75, 3.05) is 14.2 Å². The van der Waals surface area contributed by atoms with Gasteiger partial charge in [-0.1, -0.05) is 71.6 Å². The van der Waals surface area contributed by atoms with Crippen LogP contribution in [0, 0.1) is 17.6 Å². The van der Waals surface area contributed by atoms with Gasteiger partial charge in [-0.05, 0) is 49.8 Å². The van der Waals surface area contributed by atoms with E-state index >= 15 is 0 Å². The average Bonchev–Trinajstić information content (AvgIpc) is 2.73. The third-order valence-electron chi connectivity index (χ3n) is 6.40. The van der Waals surface area contributed by atoms with Gasteiger partial charge in [0, 0.05) is 26.2 Å². The van der Waals surface area contributed by atoms with Crippen LogP contribution in [-0.4, -0.2) is 20.0 Å². The number of aryl methyl sites for hydroxylation is 1. The second-order valence-electron chi connectivity index (χ2n) is 8.56. The van der Waals surface area contributed by atoms with Crippen LogP contribution in [0.5, 0.6) is 0 Å². The number of methoxy groups -OCH3 is 2. The molecular formula is C26H44F2O2. The summed E-state index contributed by atoms with van der Waals surface area (Å²) in [5, 5.41) is 0. The molecule has 0 saturated carbocycles. The van der Waals surface area contributed by atoms with E-state index in [1.807, 2.05) is 0 Å². The van der Waals surface area contributed by atoms with Crippen LogP contribution in [0.15, 0.2) is 18.2 Å². The fraction of sp³-hybridized carbons (Fsp3) is 0.769. The summed E-state index contributed by atoms with van der Waals surface area (Å²) in [6.07, 6.45) is 15.9. The molecule has 0 aliphatic carbocycles. The number of hydrogen-bond acceptors (Lipinski definition) is 2. The summed E-state index contributed by atoms with van der Waals surface area (Å²) in [6, 6.07) is 3.80. The van der Waals surface area contributed by atoms with Gasteiger partial charge < -0.3 is 9.47 Å². The number of unbranched alkanes of at least 4 members (excludes halogenated alkanes) is 8. The predicted octanol–water partition coefficient (Wildman–Crippen LogP) is 8.22. The Bertz CT molecular complexity index is 529. The van der Waals surface area contributed by atoms with Gasteiger partial charge in [0.1, 0.15) is 11.6 Å². The van der Waals surface area contributed by atoms with E-state index in [-0.39, 0.29) is 0 Å². The van der Waals surface area contributed by atoms with Crippen molar-refractivity contribution in [2.24, 2.45) is 5.92 Å². The average molecular weight is 427 g/mol. The van der Waals surface area contributed by atoms with Crippen LogP contribution in [0.4, 0.5) is 8.78 Å². The van der Waals surface area contributed by atoms with Crippen LogP contribution in [0.25, 0.3) is 0 Å². The molecule has 1 unspecified atom stereocenters. The van der Waals surface area contributed by atoms with Crippen molar-refractivity contribution in [1.29, 1.82) is 0 Å². The molecule has 0 heterocycles. The molecule has 2 nitrogen and oxygen atoms in total. The summed E-state index contributed by atoms with van der Waals surface area (Å²) in [7, 11) is 3.53. The molecule has 1 rings (SSSR count). The lowest BCUT2D eigenvalue weighted by atomic mass is 9.85. The molecule has 0 radical (unpaired) electrons. The standard InChI is InChI=1S/C26H44F2O2/c1-5-7-8-9-10-14-17-23(26(6-2,29-3)30-4)18-15-12-11-13-16-22-19-24(27)21-25(28)20-22/h19-21,23H,5-18H2,1-4H3. The highest BCUT2D eigenvalue weighted by atomic mass is 19.1. The van der Waals surface area contributed by atoms with Gasteiger partial charge in [-0.15, -0.1) is 0 Å². The first kappa shape index (κ1) is 27.0. The lowest BCUT2D eigenvalue weighted by Gasteiger charge is -2.38. The van der Waals surface area contributed by atoms with Gasteiger partial charge in [0.15, 0.2) is 5.79 Å². The summed E-state index contributed by atoms with van der Waals surface area (Å²) >= 11 is 0. The molecule has 0 saturated heterocycles. The Balaban J connectivity index is 2.40. The quantitative estimate of drug-likeness (QED) is 0.174. The second kappa shape index (κ2) is 15.8. The van der Waals surface area contributed by atoms with Gasteiger partial charge in [0.25, 0.3) is 0 Å². The number of halogens is 2.